The predicted molar refractivity (Wildman–Crippen MR) is 74.6 cm³/mol. The number of hydrogen-bond acceptors (Lipinski definition) is 4. The molecule has 1 aromatic heterocycles. The number of aliphatic hydroxyl groups is 1. The number of nitrogens with one attached hydrogen (secondary N) is 1. The predicted octanol–water partition coefficient (Wildman–Crippen LogP) is 0.605. The molecule has 108 valence electrons. The third-order valence-electron chi connectivity index (χ3n) is 3.01. The second kappa shape index (κ2) is 6.56. The minimum Gasteiger partial charge on any atom is -0.396 e. The quantitative estimate of drug-likeness (QED) is 0.704. The summed E-state index contributed by atoms with van der Waals surface area (Å²) >= 11 is 0. The van der Waals surface area contributed by atoms with E-state index in [0.717, 1.165) is 11.4 Å². The van der Waals surface area contributed by atoms with E-state index < -0.39 is 6.10 Å². The van der Waals surface area contributed by atoms with Gasteiger partial charge in [0.15, 0.2) is 0 Å². The number of nitrogens with two attached hydrogens (primary N) is 1. The molecule has 1 heterocycles. The molecule has 1 aromatic rings. The number of nitrogen functional groups attached to an aromatic ring is 1. The van der Waals surface area contributed by atoms with E-state index in [1.807, 2.05) is 27.7 Å². The van der Waals surface area contributed by atoms with Gasteiger partial charge in [-0.2, -0.15) is 5.10 Å². The van der Waals surface area contributed by atoms with Gasteiger partial charge >= 0.3 is 0 Å². The molecular formula is C13H24N4O2. The van der Waals surface area contributed by atoms with Gasteiger partial charge in [-0.15, -0.1) is 0 Å². The third-order valence-corrected chi connectivity index (χ3v) is 3.01. The molecule has 0 aromatic carbocycles. The number of hydrogen-bond donors (Lipinski definition) is 3. The largest absolute Gasteiger partial charge is 0.396 e. The molecule has 4 N–H and O–H groups in total. The molecule has 0 saturated heterocycles. The Labute approximate surface area is 114 Å². The number of aliphatic hydroxyl groups excluding tert-OH is 1. The van der Waals surface area contributed by atoms with Crippen LogP contribution in [0.3, 0.4) is 0 Å². The molecule has 0 radical (unpaired) electrons. The summed E-state index contributed by atoms with van der Waals surface area (Å²) in [7, 11) is 0. The molecule has 6 nitrogen and oxygen atoms in total. The first-order valence-corrected chi connectivity index (χ1v) is 6.55. The van der Waals surface area contributed by atoms with E-state index in [-0.39, 0.29) is 19.0 Å². The standard InChI is InChI=1S/C13H24N4O2/c1-8(2)5-11(18)6-15-12(19)7-17-10(4)13(14)9(3)16-17/h8,11,18H,5-7,14H2,1-4H3,(H,15,19). The maximum Gasteiger partial charge on any atom is 0.241 e. The van der Waals surface area contributed by atoms with Crippen LogP contribution >= 0.6 is 0 Å². The van der Waals surface area contributed by atoms with E-state index in [4.69, 9.17) is 5.73 Å². The summed E-state index contributed by atoms with van der Waals surface area (Å²) in [5, 5.41) is 16.6. The van der Waals surface area contributed by atoms with Crippen LogP contribution < -0.4 is 11.1 Å². The minimum absolute atomic E-state index is 0.123. The van der Waals surface area contributed by atoms with Crippen LogP contribution in [-0.4, -0.2) is 33.4 Å². The lowest BCUT2D eigenvalue weighted by Gasteiger charge is -2.14. The average molecular weight is 268 g/mol. The summed E-state index contributed by atoms with van der Waals surface area (Å²) in [6.07, 6.45) is 0.169. The highest BCUT2D eigenvalue weighted by Crippen LogP contribution is 2.14. The van der Waals surface area contributed by atoms with Crippen LogP contribution in [-0.2, 0) is 11.3 Å². The van der Waals surface area contributed by atoms with Crippen molar-refractivity contribution in [1.29, 1.82) is 0 Å². The molecule has 0 aliphatic heterocycles. The van der Waals surface area contributed by atoms with E-state index >= 15 is 0 Å². The zero-order valence-corrected chi connectivity index (χ0v) is 12.1. The molecule has 1 unspecified atom stereocenters. The molecule has 0 aliphatic carbocycles. The first kappa shape index (κ1) is 15.5. The normalized spacial score (nSPS) is 12.7. The lowest BCUT2D eigenvalue weighted by Crippen LogP contribution is -2.35. The van der Waals surface area contributed by atoms with Crippen molar-refractivity contribution in [3.8, 4) is 0 Å². The van der Waals surface area contributed by atoms with Gasteiger partial charge in [-0.3, -0.25) is 9.48 Å². The van der Waals surface area contributed by atoms with Crippen molar-refractivity contribution in [2.75, 3.05) is 12.3 Å². The molecule has 19 heavy (non-hydrogen) atoms. The molecule has 0 saturated carbocycles. The first-order chi connectivity index (χ1) is 8.81. The van der Waals surface area contributed by atoms with E-state index in [1.165, 1.54) is 0 Å². The molecule has 0 fully saturated rings. The Bertz CT molecular complexity index is 440. The van der Waals surface area contributed by atoms with Crippen LogP contribution in [0.2, 0.25) is 0 Å². The summed E-state index contributed by atoms with van der Waals surface area (Å²) in [6.45, 7) is 8.09. The summed E-state index contributed by atoms with van der Waals surface area (Å²) in [5.41, 5.74) is 7.93. The lowest BCUT2D eigenvalue weighted by molar-refractivity contribution is -0.122. The van der Waals surface area contributed by atoms with Crippen molar-refractivity contribution in [1.82, 2.24) is 15.1 Å². The van der Waals surface area contributed by atoms with E-state index in [1.54, 1.807) is 4.68 Å². The van der Waals surface area contributed by atoms with Crippen molar-refractivity contribution in [2.24, 2.45) is 5.92 Å². The number of amides is 1. The number of nitrogens with zero attached hydrogens (tertiary/aromatic N) is 2. The SMILES string of the molecule is Cc1nn(CC(=O)NCC(O)CC(C)C)c(C)c1N. The van der Waals surface area contributed by atoms with Gasteiger partial charge in [0.05, 0.1) is 23.2 Å². The second-order valence-electron chi connectivity index (χ2n) is 5.33. The number of aryl methyl sites for hydroxylation is 1. The van der Waals surface area contributed by atoms with Gasteiger partial charge in [0.1, 0.15) is 6.54 Å². The Hall–Kier alpha value is -1.56. The van der Waals surface area contributed by atoms with Crippen LogP contribution in [0, 0.1) is 19.8 Å². The molecule has 0 bridgehead atoms. The van der Waals surface area contributed by atoms with Crippen LogP contribution in [0.5, 0.6) is 0 Å². The van der Waals surface area contributed by atoms with Gasteiger partial charge in [0.2, 0.25) is 5.91 Å². The van der Waals surface area contributed by atoms with Crippen molar-refractivity contribution < 1.29 is 9.90 Å². The molecule has 6 heteroatoms. The second-order valence-corrected chi connectivity index (χ2v) is 5.33. The number of carbonyl (C=O) groups excluding carboxylic acids is 1. The molecule has 1 rings (SSSR count). The Balaban J connectivity index is 2.45. The fourth-order valence-electron chi connectivity index (χ4n) is 1.92. The van der Waals surface area contributed by atoms with Crippen molar-refractivity contribution in [2.45, 2.75) is 46.8 Å². The fourth-order valence-corrected chi connectivity index (χ4v) is 1.92. The molecule has 0 aliphatic rings. The Morgan fingerprint density at radius 2 is 2.11 bits per heavy atom. The van der Waals surface area contributed by atoms with Gasteiger partial charge in [-0.05, 0) is 26.2 Å². The maximum atomic E-state index is 11.8. The molecule has 1 amide bonds. The van der Waals surface area contributed by atoms with Crippen LogP contribution in [0.25, 0.3) is 0 Å². The zero-order valence-electron chi connectivity index (χ0n) is 12.1. The van der Waals surface area contributed by atoms with Gasteiger partial charge in [0.25, 0.3) is 0 Å². The Morgan fingerprint density at radius 1 is 1.47 bits per heavy atom. The Kier molecular flexibility index (Phi) is 5.35. The Morgan fingerprint density at radius 3 is 2.58 bits per heavy atom. The summed E-state index contributed by atoms with van der Waals surface area (Å²) in [6, 6.07) is 0. The molecule has 0 spiro atoms. The van der Waals surface area contributed by atoms with Gasteiger partial charge in [-0.25, -0.2) is 0 Å². The monoisotopic (exact) mass is 268 g/mol. The third kappa shape index (κ3) is 4.55. The first-order valence-electron chi connectivity index (χ1n) is 6.55. The van der Waals surface area contributed by atoms with Gasteiger partial charge in [0, 0.05) is 6.54 Å². The molecular weight excluding hydrogens is 244 g/mol. The van der Waals surface area contributed by atoms with Crippen LogP contribution in [0.15, 0.2) is 0 Å². The van der Waals surface area contributed by atoms with E-state index in [0.29, 0.717) is 18.0 Å². The van der Waals surface area contributed by atoms with E-state index in [9.17, 15) is 9.90 Å². The van der Waals surface area contributed by atoms with Gasteiger partial charge in [-0.1, -0.05) is 13.8 Å². The fraction of sp³-hybridized carbons (Fsp3) is 0.692. The highest BCUT2D eigenvalue weighted by molar-refractivity contribution is 5.75. The summed E-state index contributed by atoms with van der Waals surface area (Å²) < 4.78 is 1.58. The minimum atomic E-state index is -0.505. The van der Waals surface area contributed by atoms with Gasteiger partial charge < -0.3 is 16.2 Å². The van der Waals surface area contributed by atoms with Crippen LogP contribution in [0.1, 0.15) is 31.7 Å². The van der Waals surface area contributed by atoms with Crippen molar-refractivity contribution in [3.63, 3.8) is 0 Å². The number of aromatic nitrogens is 2. The zero-order chi connectivity index (χ0) is 14.6. The number of anilines is 1. The topological polar surface area (TPSA) is 93.2 Å². The number of rotatable bonds is 6. The summed E-state index contributed by atoms with van der Waals surface area (Å²) in [4.78, 5) is 11.8. The maximum absolute atomic E-state index is 11.8. The number of carbonyl (C=O) groups is 1. The smallest absolute Gasteiger partial charge is 0.241 e. The molecule has 1 atom stereocenters. The van der Waals surface area contributed by atoms with E-state index in [2.05, 4.69) is 10.4 Å². The van der Waals surface area contributed by atoms with Crippen molar-refractivity contribution >= 4 is 11.6 Å². The average Bonchev–Trinajstić information content (AvgIpc) is 2.54. The van der Waals surface area contributed by atoms with Crippen molar-refractivity contribution in [3.05, 3.63) is 11.4 Å². The lowest BCUT2D eigenvalue weighted by atomic mass is 10.1. The highest BCUT2D eigenvalue weighted by atomic mass is 16.3. The van der Waals surface area contributed by atoms with Crippen LogP contribution in [0.4, 0.5) is 5.69 Å². The highest BCUT2D eigenvalue weighted by Gasteiger charge is 2.13. The summed E-state index contributed by atoms with van der Waals surface area (Å²) in [5.74, 6) is 0.233.